The molecule has 0 radical (unpaired) electrons. The molecule has 82 valence electrons. The van der Waals surface area contributed by atoms with Crippen LogP contribution in [-0.4, -0.2) is 20.4 Å². The van der Waals surface area contributed by atoms with Crippen molar-refractivity contribution < 1.29 is 17.9 Å². The second-order valence-electron chi connectivity index (χ2n) is 2.77. The maximum absolute atomic E-state index is 11.5. The first-order valence-electron chi connectivity index (χ1n) is 3.92. The van der Waals surface area contributed by atoms with E-state index in [1.165, 1.54) is 24.3 Å². The van der Waals surface area contributed by atoms with Gasteiger partial charge in [-0.3, -0.25) is 0 Å². The predicted molar refractivity (Wildman–Crippen MR) is 53.6 cm³/mol. The van der Waals surface area contributed by atoms with Gasteiger partial charge in [0.05, 0.1) is 4.90 Å². The molecule has 0 unspecified atom stereocenters. The monoisotopic (exact) mass is 230 g/mol. The van der Waals surface area contributed by atoms with Crippen LogP contribution in [0, 0.1) is 0 Å². The van der Waals surface area contributed by atoms with Gasteiger partial charge in [-0.15, -0.1) is 0 Å². The highest BCUT2D eigenvalue weighted by molar-refractivity contribution is 7.91. The lowest BCUT2D eigenvalue weighted by Gasteiger charge is -2.04. The molecule has 0 atom stereocenters. The first-order valence-corrected chi connectivity index (χ1v) is 5.57. The van der Waals surface area contributed by atoms with E-state index >= 15 is 0 Å². The van der Waals surface area contributed by atoms with E-state index in [1.54, 1.807) is 0 Å². The topological polar surface area (TPSA) is 112 Å². The Morgan fingerprint density at radius 2 is 1.80 bits per heavy atom. The molecule has 0 aliphatic carbocycles. The van der Waals surface area contributed by atoms with Crippen molar-refractivity contribution in [3.05, 3.63) is 24.3 Å². The SMILES string of the molecule is NC(=O)OCS(=O)(=O)c1ccc(N)cc1. The van der Waals surface area contributed by atoms with Crippen LogP contribution in [0.1, 0.15) is 0 Å². The summed E-state index contributed by atoms with van der Waals surface area (Å²) >= 11 is 0. The Labute approximate surface area is 86.7 Å². The minimum absolute atomic E-state index is 0.0259. The molecule has 0 aliphatic rings. The average Bonchev–Trinajstić information content (AvgIpc) is 2.16. The van der Waals surface area contributed by atoms with E-state index in [0.717, 1.165) is 0 Å². The van der Waals surface area contributed by atoms with Crippen molar-refractivity contribution in [2.75, 3.05) is 11.7 Å². The quantitative estimate of drug-likeness (QED) is 0.715. The van der Waals surface area contributed by atoms with Gasteiger partial charge < -0.3 is 16.2 Å². The number of nitrogens with two attached hydrogens (primary N) is 2. The zero-order valence-corrected chi connectivity index (χ0v) is 8.53. The van der Waals surface area contributed by atoms with Crippen molar-refractivity contribution >= 4 is 21.6 Å². The Kier molecular flexibility index (Phi) is 3.15. The molecule has 0 aliphatic heterocycles. The summed E-state index contributed by atoms with van der Waals surface area (Å²) in [6.07, 6.45) is -1.13. The normalized spacial score (nSPS) is 10.9. The summed E-state index contributed by atoms with van der Waals surface area (Å²) < 4.78 is 27.2. The summed E-state index contributed by atoms with van der Waals surface area (Å²) in [5.41, 5.74) is 10.5. The van der Waals surface area contributed by atoms with Crippen LogP contribution in [0.25, 0.3) is 0 Å². The molecule has 0 bridgehead atoms. The minimum atomic E-state index is -3.65. The van der Waals surface area contributed by atoms with Crippen LogP contribution in [-0.2, 0) is 14.6 Å². The van der Waals surface area contributed by atoms with Gasteiger partial charge in [-0.1, -0.05) is 0 Å². The van der Waals surface area contributed by atoms with E-state index in [1.807, 2.05) is 0 Å². The molecule has 0 heterocycles. The summed E-state index contributed by atoms with van der Waals surface area (Å²) in [6.45, 7) is 0. The first-order chi connectivity index (χ1) is 6.92. The highest BCUT2D eigenvalue weighted by atomic mass is 32.2. The van der Waals surface area contributed by atoms with Crippen molar-refractivity contribution in [3.8, 4) is 0 Å². The lowest BCUT2D eigenvalue weighted by atomic mass is 10.3. The van der Waals surface area contributed by atoms with Gasteiger partial charge in [0.15, 0.2) is 5.94 Å². The molecule has 1 aromatic carbocycles. The number of carbonyl (C=O) groups excluding carboxylic acids is 1. The predicted octanol–water partition coefficient (Wildman–Crippen LogP) is 0.0953. The standard InChI is InChI=1S/C8H10N2O4S/c9-6-1-3-7(4-2-6)15(12,13)5-14-8(10)11/h1-4H,5,9H2,(H2,10,11). The Morgan fingerprint density at radius 3 is 2.27 bits per heavy atom. The van der Waals surface area contributed by atoms with Gasteiger partial charge in [-0.2, -0.15) is 0 Å². The van der Waals surface area contributed by atoms with Crippen LogP contribution in [0.3, 0.4) is 0 Å². The van der Waals surface area contributed by atoms with Crippen LogP contribution in [0.15, 0.2) is 29.2 Å². The molecule has 6 nitrogen and oxygen atoms in total. The minimum Gasteiger partial charge on any atom is -0.433 e. The maximum Gasteiger partial charge on any atom is 0.405 e. The Hall–Kier alpha value is -1.76. The number of anilines is 1. The molecule has 4 N–H and O–H groups in total. The molecule has 0 fully saturated rings. The number of rotatable bonds is 3. The largest absolute Gasteiger partial charge is 0.433 e. The highest BCUT2D eigenvalue weighted by Gasteiger charge is 2.15. The molecule has 0 aromatic heterocycles. The Balaban J connectivity index is 2.87. The molecule has 7 heteroatoms. The van der Waals surface area contributed by atoms with Gasteiger partial charge in [0.1, 0.15) is 0 Å². The second-order valence-corrected chi connectivity index (χ2v) is 4.70. The molecule has 0 spiro atoms. The third kappa shape index (κ3) is 3.13. The van der Waals surface area contributed by atoms with Crippen LogP contribution in [0.4, 0.5) is 10.5 Å². The van der Waals surface area contributed by atoms with Gasteiger partial charge in [-0.25, -0.2) is 13.2 Å². The molecule has 0 saturated heterocycles. The molecular weight excluding hydrogens is 220 g/mol. The number of hydrogen-bond acceptors (Lipinski definition) is 5. The fourth-order valence-electron chi connectivity index (χ4n) is 0.879. The van der Waals surface area contributed by atoms with E-state index in [-0.39, 0.29) is 4.90 Å². The maximum atomic E-state index is 11.5. The van der Waals surface area contributed by atoms with Crippen LogP contribution in [0.5, 0.6) is 0 Å². The number of hydrogen-bond donors (Lipinski definition) is 2. The smallest absolute Gasteiger partial charge is 0.405 e. The molecule has 1 amide bonds. The van der Waals surface area contributed by atoms with Gasteiger partial charge in [0, 0.05) is 5.69 Å². The summed E-state index contributed by atoms with van der Waals surface area (Å²) in [5, 5.41) is 0. The average molecular weight is 230 g/mol. The second kappa shape index (κ2) is 4.18. The van der Waals surface area contributed by atoms with Crippen molar-refractivity contribution in [3.63, 3.8) is 0 Å². The summed E-state index contributed by atoms with van der Waals surface area (Å²) in [5.74, 6) is -0.772. The van der Waals surface area contributed by atoms with Crippen molar-refractivity contribution in [1.29, 1.82) is 0 Å². The van der Waals surface area contributed by atoms with E-state index < -0.39 is 21.9 Å². The highest BCUT2D eigenvalue weighted by Crippen LogP contribution is 2.13. The number of ether oxygens (including phenoxy) is 1. The van der Waals surface area contributed by atoms with Gasteiger partial charge in [0.25, 0.3) is 0 Å². The van der Waals surface area contributed by atoms with E-state index in [2.05, 4.69) is 10.5 Å². The van der Waals surface area contributed by atoms with Crippen molar-refractivity contribution in [2.24, 2.45) is 5.73 Å². The molecule has 0 saturated carbocycles. The Morgan fingerprint density at radius 1 is 1.27 bits per heavy atom. The number of amides is 1. The third-order valence-electron chi connectivity index (χ3n) is 1.60. The number of carbonyl (C=O) groups is 1. The fraction of sp³-hybridized carbons (Fsp3) is 0.125. The fourth-order valence-corrected chi connectivity index (χ4v) is 1.84. The van der Waals surface area contributed by atoms with Crippen molar-refractivity contribution in [1.82, 2.24) is 0 Å². The van der Waals surface area contributed by atoms with Crippen molar-refractivity contribution in [2.45, 2.75) is 4.90 Å². The molecule has 15 heavy (non-hydrogen) atoms. The number of benzene rings is 1. The van der Waals surface area contributed by atoms with Crippen LogP contribution < -0.4 is 11.5 Å². The van der Waals surface area contributed by atoms with Gasteiger partial charge >= 0.3 is 6.09 Å². The summed E-state index contributed by atoms with van der Waals surface area (Å²) in [7, 11) is -3.65. The number of primary amides is 1. The zero-order valence-electron chi connectivity index (χ0n) is 7.71. The van der Waals surface area contributed by atoms with E-state index in [9.17, 15) is 13.2 Å². The number of sulfone groups is 1. The lowest BCUT2D eigenvalue weighted by molar-refractivity contribution is 0.174. The number of nitrogen functional groups attached to an aromatic ring is 1. The summed E-state index contributed by atoms with van der Waals surface area (Å²) in [6, 6.07) is 5.54. The third-order valence-corrected chi connectivity index (χ3v) is 3.01. The zero-order chi connectivity index (χ0) is 11.5. The van der Waals surface area contributed by atoms with E-state index in [4.69, 9.17) is 5.73 Å². The van der Waals surface area contributed by atoms with Crippen LogP contribution >= 0.6 is 0 Å². The molecule has 1 rings (SSSR count). The molecule has 1 aromatic rings. The van der Waals surface area contributed by atoms with Crippen LogP contribution in [0.2, 0.25) is 0 Å². The lowest BCUT2D eigenvalue weighted by Crippen LogP contribution is -2.19. The van der Waals surface area contributed by atoms with Gasteiger partial charge in [0.2, 0.25) is 9.84 Å². The van der Waals surface area contributed by atoms with Gasteiger partial charge in [-0.05, 0) is 24.3 Å². The Bertz CT molecular complexity index is 452. The van der Waals surface area contributed by atoms with E-state index in [0.29, 0.717) is 5.69 Å². The first kappa shape index (κ1) is 11.3. The molecular formula is C8H10N2O4S. The summed E-state index contributed by atoms with van der Waals surface area (Å²) in [4.78, 5) is 10.3.